The first-order chi connectivity index (χ1) is 9.74. The van der Waals surface area contributed by atoms with Crippen molar-refractivity contribution in [2.75, 3.05) is 19.6 Å². The quantitative estimate of drug-likeness (QED) is 0.902. The number of nitrogens with one attached hydrogen (secondary N) is 1. The molecule has 0 aliphatic carbocycles. The lowest BCUT2D eigenvalue weighted by molar-refractivity contribution is 0.0188. The molecule has 1 fully saturated rings. The Morgan fingerprint density at radius 3 is 2.76 bits per heavy atom. The fourth-order valence-electron chi connectivity index (χ4n) is 2.51. The number of hydrogen-bond acceptors (Lipinski definition) is 4. The van der Waals surface area contributed by atoms with Crippen LogP contribution in [0.2, 0.25) is 0 Å². The normalized spacial score (nSPS) is 19.7. The highest BCUT2D eigenvalue weighted by molar-refractivity contribution is 5.68. The van der Waals surface area contributed by atoms with Crippen molar-refractivity contribution in [3.05, 3.63) is 17.5 Å². The largest absolute Gasteiger partial charge is 0.444 e. The van der Waals surface area contributed by atoms with Gasteiger partial charge in [-0.25, -0.2) is 4.79 Å². The number of carbonyl (C=O) groups is 1. The first-order valence-corrected chi connectivity index (χ1v) is 7.47. The van der Waals surface area contributed by atoms with Crippen molar-refractivity contribution < 1.29 is 9.53 Å². The first kappa shape index (κ1) is 15.8. The number of aryl methyl sites for hydroxylation is 2. The zero-order chi connectivity index (χ0) is 15.6. The van der Waals surface area contributed by atoms with Crippen LogP contribution in [0.1, 0.15) is 32.2 Å². The third-order valence-electron chi connectivity index (χ3n) is 3.40. The molecule has 6 heteroatoms. The van der Waals surface area contributed by atoms with Gasteiger partial charge in [0.2, 0.25) is 0 Å². The monoisotopic (exact) mass is 294 g/mol. The van der Waals surface area contributed by atoms with Crippen molar-refractivity contribution in [2.45, 2.75) is 52.8 Å². The molecule has 1 aliphatic heterocycles. The Bertz CT molecular complexity index is 504. The summed E-state index contributed by atoms with van der Waals surface area (Å²) in [5.41, 5.74) is 1.71. The number of amides is 1. The van der Waals surface area contributed by atoms with Gasteiger partial charge in [0.05, 0.1) is 12.2 Å². The van der Waals surface area contributed by atoms with Gasteiger partial charge < -0.3 is 15.0 Å². The molecule has 0 bridgehead atoms. The Labute approximate surface area is 126 Å². The number of nitrogens with zero attached hydrogens (tertiary/aromatic N) is 3. The van der Waals surface area contributed by atoms with E-state index in [4.69, 9.17) is 4.74 Å². The average molecular weight is 294 g/mol. The van der Waals surface area contributed by atoms with Crippen molar-refractivity contribution in [1.29, 1.82) is 0 Å². The Kier molecular flexibility index (Phi) is 4.56. The van der Waals surface area contributed by atoms with Gasteiger partial charge in [0.1, 0.15) is 5.60 Å². The van der Waals surface area contributed by atoms with Crippen LogP contribution in [0.5, 0.6) is 0 Å². The molecule has 1 saturated heterocycles. The molecule has 0 radical (unpaired) electrons. The van der Waals surface area contributed by atoms with Crippen LogP contribution in [-0.4, -0.2) is 52.1 Å². The van der Waals surface area contributed by atoms with Crippen LogP contribution >= 0.6 is 0 Å². The molecular formula is C15H26N4O2. The number of carbonyl (C=O) groups excluding carboxylic acids is 1. The highest BCUT2D eigenvalue weighted by Crippen LogP contribution is 2.12. The van der Waals surface area contributed by atoms with Gasteiger partial charge in [0.25, 0.3) is 0 Å². The van der Waals surface area contributed by atoms with Gasteiger partial charge in [-0.3, -0.25) is 4.68 Å². The molecule has 6 nitrogen and oxygen atoms in total. The minimum Gasteiger partial charge on any atom is -0.444 e. The van der Waals surface area contributed by atoms with Crippen LogP contribution in [0.3, 0.4) is 0 Å². The third kappa shape index (κ3) is 4.46. The SMILES string of the molecule is Cc1cc(C)n(C[C@@H]2CN(C(=O)OC(C)(C)C)CCN2)n1. The zero-order valence-electron chi connectivity index (χ0n) is 13.6. The second kappa shape index (κ2) is 6.05. The second-order valence-corrected chi connectivity index (χ2v) is 6.69. The average Bonchev–Trinajstić information content (AvgIpc) is 2.66. The summed E-state index contributed by atoms with van der Waals surface area (Å²) in [6, 6.07) is 2.26. The predicted octanol–water partition coefficient (Wildman–Crippen LogP) is 1.71. The van der Waals surface area contributed by atoms with Crippen molar-refractivity contribution >= 4 is 6.09 Å². The van der Waals surface area contributed by atoms with E-state index in [0.717, 1.165) is 24.5 Å². The predicted molar refractivity (Wildman–Crippen MR) is 81.3 cm³/mol. The lowest BCUT2D eigenvalue weighted by Gasteiger charge is -2.35. The topological polar surface area (TPSA) is 59.4 Å². The van der Waals surface area contributed by atoms with E-state index in [1.54, 1.807) is 4.90 Å². The maximum Gasteiger partial charge on any atom is 0.410 e. The highest BCUT2D eigenvalue weighted by atomic mass is 16.6. The standard InChI is InChI=1S/C15H26N4O2/c1-11-8-12(2)19(17-11)10-13-9-18(7-6-16-13)14(20)21-15(3,4)5/h8,13,16H,6-7,9-10H2,1-5H3/t13-/m0/s1. The van der Waals surface area contributed by atoms with Gasteiger partial charge in [-0.15, -0.1) is 0 Å². The summed E-state index contributed by atoms with van der Waals surface area (Å²) in [4.78, 5) is 13.9. The fourth-order valence-corrected chi connectivity index (χ4v) is 2.51. The van der Waals surface area contributed by atoms with Gasteiger partial charge >= 0.3 is 6.09 Å². The summed E-state index contributed by atoms with van der Waals surface area (Å²) in [6.45, 7) is 12.6. The summed E-state index contributed by atoms with van der Waals surface area (Å²) >= 11 is 0. The molecule has 1 aromatic heterocycles. The summed E-state index contributed by atoms with van der Waals surface area (Å²) < 4.78 is 7.43. The van der Waals surface area contributed by atoms with E-state index in [1.165, 1.54) is 0 Å². The molecule has 118 valence electrons. The molecular weight excluding hydrogens is 268 g/mol. The van der Waals surface area contributed by atoms with Crippen LogP contribution in [0, 0.1) is 13.8 Å². The van der Waals surface area contributed by atoms with E-state index < -0.39 is 5.60 Å². The lowest BCUT2D eigenvalue weighted by Crippen LogP contribution is -2.55. The summed E-state index contributed by atoms with van der Waals surface area (Å²) in [5, 5.41) is 7.92. The first-order valence-electron chi connectivity index (χ1n) is 7.47. The van der Waals surface area contributed by atoms with Crippen molar-refractivity contribution in [3.8, 4) is 0 Å². The molecule has 2 heterocycles. The Hall–Kier alpha value is -1.56. The van der Waals surface area contributed by atoms with Crippen LogP contribution in [-0.2, 0) is 11.3 Å². The third-order valence-corrected chi connectivity index (χ3v) is 3.40. The van der Waals surface area contributed by atoms with Crippen molar-refractivity contribution in [1.82, 2.24) is 20.0 Å². The lowest BCUT2D eigenvalue weighted by atomic mass is 10.2. The minimum atomic E-state index is -0.451. The Morgan fingerprint density at radius 2 is 2.19 bits per heavy atom. The number of piperazine rings is 1. The van der Waals surface area contributed by atoms with Crippen molar-refractivity contribution in [2.24, 2.45) is 0 Å². The van der Waals surface area contributed by atoms with Crippen molar-refractivity contribution in [3.63, 3.8) is 0 Å². The molecule has 1 aliphatic rings. The number of rotatable bonds is 2. The number of ether oxygens (including phenoxy) is 1. The molecule has 1 N–H and O–H groups in total. The number of aromatic nitrogens is 2. The van der Waals surface area contributed by atoms with Gasteiger partial charge in [0, 0.05) is 31.4 Å². The smallest absolute Gasteiger partial charge is 0.410 e. The maximum absolute atomic E-state index is 12.1. The van der Waals surface area contributed by atoms with E-state index in [2.05, 4.69) is 23.4 Å². The zero-order valence-corrected chi connectivity index (χ0v) is 13.6. The molecule has 1 atom stereocenters. The van der Waals surface area contributed by atoms with Gasteiger partial charge in [-0.05, 0) is 40.7 Å². The molecule has 2 rings (SSSR count). The van der Waals surface area contributed by atoms with Crippen LogP contribution in [0.4, 0.5) is 4.79 Å². The fraction of sp³-hybridized carbons (Fsp3) is 0.733. The van der Waals surface area contributed by atoms with E-state index in [9.17, 15) is 4.79 Å². The van der Waals surface area contributed by atoms with E-state index in [1.807, 2.05) is 32.4 Å². The Balaban J connectivity index is 1.94. The minimum absolute atomic E-state index is 0.198. The molecule has 0 spiro atoms. The van der Waals surface area contributed by atoms with Gasteiger partial charge in [-0.2, -0.15) is 5.10 Å². The molecule has 0 aromatic carbocycles. The van der Waals surface area contributed by atoms with Crippen LogP contribution in [0.25, 0.3) is 0 Å². The molecule has 1 amide bonds. The summed E-state index contributed by atoms with van der Waals surface area (Å²) in [7, 11) is 0. The van der Waals surface area contributed by atoms with E-state index in [0.29, 0.717) is 13.1 Å². The highest BCUT2D eigenvalue weighted by Gasteiger charge is 2.27. The summed E-state index contributed by atoms with van der Waals surface area (Å²) in [5.74, 6) is 0. The second-order valence-electron chi connectivity index (χ2n) is 6.69. The maximum atomic E-state index is 12.1. The van der Waals surface area contributed by atoms with E-state index >= 15 is 0 Å². The molecule has 0 unspecified atom stereocenters. The Morgan fingerprint density at radius 1 is 1.48 bits per heavy atom. The molecule has 0 saturated carbocycles. The van der Waals surface area contributed by atoms with Gasteiger partial charge in [0.15, 0.2) is 0 Å². The molecule has 21 heavy (non-hydrogen) atoms. The van der Waals surface area contributed by atoms with Crippen LogP contribution in [0.15, 0.2) is 6.07 Å². The van der Waals surface area contributed by atoms with Crippen LogP contribution < -0.4 is 5.32 Å². The van der Waals surface area contributed by atoms with E-state index in [-0.39, 0.29) is 12.1 Å². The van der Waals surface area contributed by atoms with Gasteiger partial charge in [-0.1, -0.05) is 0 Å². The molecule has 1 aromatic rings. The summed E-state index contributed by atoms with van der Waals surface area (Å²) in [6.07, 6.45) is -0.234. The number of hydrogen-bond donors (Lipinski definition) is 1.